The second-order valence-electron chi connectivity index (χ2n) is 5.57. The van der Waals surface area contributed by atoms with E-state index in [9.17, 15) is 4.79 Å². The van der Waals surface area contributed by atoms with Crippen LogP contribution in [0, 0.1) is 20.8 Å². The van der Waals surface area contributed by atoms with Crippen molar-refractivity contribution in [3.8, 4) is 0 Å². The minimum absolute atomic E-state index is 0. The van der Waals surface area contributed by atoms with Crippen molar-refractivity contribution in [1.82, 2.24) is 9.97 Å². The third kappa shape index (κ3) is 4.03. The van der Waals surface area contributed by atoms with Crippen molar-refractivity contribution in [1.29, 1.82) is 0 Å². The molecule has 3 aromatic rings. The van der Waals surface area contributed by atoms with E-state index in [0.29, 0.717) is 5.75 Å². The third-order valence-electron chi connectivity index (χ3n) is 3.79. The molecule has 0 fully saturated rings. The van der Waals surface area contributed by atoms with Crippen LogP contribution in [0.2, 0.25) is 0 Å². The monoisotopic (exact) mass is 390 g/mol. The summed E-state index contributed by atoms with van der Waals surface area (Å²) in [5.74, 6) is 0.513. The second-order valence-corrected chi connectivity index (χ2v) is 6.54. The van der Waals surface area contributed by atoms with E-state index in [1.54, 1.807) is 0 Å². The minimum Gasteiger partial charge on any atom is -0.333 e. The number of carbonyl (C=O) groups is 1. The Kier molecular flexibility index (Phi) is 5.65. The summed E-state index contributed by atoms with van der Waals surface area (Å²) in [5, 5.41) is 0.792. The Balaban J connectivity index is 0.00000192. The lowest BCUT2D eigenvalue weighted by molar-refractivity contribution is 0.102. The van der Waals surface area contributed by atoms with Gasteiger partial charge in [0.15, 0.2) is 10.9 Å². The average molecular weight is 391 g/mol. The SMILES string of the molecule is Br.Cc1ccc(C(=O)CSc2nc3cc(C)c(C)cc3[nH]2)cc1. The number of rotatable bonds is 4. The molecule has 120 valence electrons. The smallest absolute Gasteiger partial charge is 0.173 e. The van der Waals surface area contributed by atoms with Crippen molar-refractivity contribution >= 4 is 45.6 Å². The number of aryl methyl sites for hydroxylation is 3. The van der Waals surface area contributed by atoms with Gasteiger partial charge in [-0.15, -0.1) is 17.0 Å². The van der Waals surface area contributed by atoms with E-state index >= 15 is 0 Å². The number of hydrogen-bond donors (Lipinski definition) is 1. The van der Waals surface area contributed by atoms with Gasteiger partial charge in [0.1, 0.15) is 0 Å². The van der Waals surface area contributed by atoms with Crippen LogP contribution < -0.4 is 0 Å². The maximum Gasteiger partial charge on any atom is 0.173 e. The zero-order valence-electron chi connectivity index (χ0n) is 13.3. The van der Waals surface area contributed by atoms with Gasteiger partial charge in [0.25, 0.3) is 0 Å². The number of H-pyrrole nitrogens is 1. The lowest BCUT2D eigenvalue weighted by Gasteiger charge is -2.00. The highest BCUT2D eigenvalue weighted by atomic mass is 79.9. The lowest BCUT2D eigenvalue weighted by Crippen LogP contribution is -2.02. The Morgan fingerprint density at radius 1 is 1.09 bits per heavy atom. The van der Waals surface area contributed by atoms with Crippen molar-refractivity contribution in [2.45, 2.75) is 25.9 Å². The molecule has 1 heterocycles. The summed E-state index contributed by atoms with van der Waals surface area (Å²) in [4.78, 5) is 20.0. The molecular formula is C18H19BrN2OS. The first-order chi connectivity index (χ1) is 10.5. The van der Waals surface area contributed by atoms with Crippen LogP contribution in [0.4, 0.5) is 0 Å². The van der Waals surface area contributed by atoms with E-state index in [1.165, 1.54) is 22.9 Å². The molecule has 0 aliphatic heterocycles. The maximum absolute atomic E-state index is 12.2. The molecule has 0 saturated carbocycles. The Hall–Kier alpha value is -1.59. The van der Waals surface area contributed by atoms with E-state index in [-0.39, 0.29) is 22.8 Å². The summed E-state index contributed by atoms with van der Waals surface area (Å²) in [6.07, 6.45) is 0. The standard InChI is InChI=1S/C18H18N2OS.BrH/c1-11-4-6-14(7-5-11)17(21)10-22-18-19-15-8-12(2)13(3)9-16(15)20-18;/h4-9H,10H2,1-3H3,(H,19,20);1H. The minimum atomic E-state index is 0. The van der Waals surface area contributed by atoms with Gasteiger partial charge in [-0.1, -0.05) is 41.6 Å². The molecule has 0 aliphatic carbocycles. The molecule has 0 atom stereocenters. The Morgan fingerprint density at radius 3 is 2.43 bits per heavy atom. The number of nitrogens with one attached hydrogen (secondary N) is 1. The van der Waals surface area contributed by atoms with Crippen molar-refractivity contribution < 1.29 is 4.79 Å². The normalized spacial score (nSPS) is 10.6. The average Bonchev–Trinajstić information content (AvgIpc) is 2.88. The maximum atomic E-state index is 12.2. The Morgan fingerprint density at radius 2 is 1.74 bits per heavy atom. The van der Waals surface area contributed by atoms with Crippen LogP contribution in [-0.2, 0) is 0 Å². The van der Waals surface area contributed by atoms with Crippen molar-refractivity contribution in [3.05, 3.63) is 58.7 Å². The zero-order valence-corrected chi connectivity index (χ0v) is 15.9. The van der Waals surface area contributed by atoms with E-state index in [2.05, 4.69) is 35.9 Å². The van der Waals surface area contributed by atoms with Crippen LogP contribution in [-0.4, -0.2) is 21.5 Å². The van der Waals surface area contributed by atoms with Gasteiger partial charge >= 0.3 is 0 Å². The summed E-state index contributed by atoms with van der Waals surface area (Å²) in [6.45, 7) is 6.18. The van der Waals surface area contributed by atoms with Gasteiger partial charge in [0.05, 0.1) is 16.8 Å². The number of halogens is 1. The molecule has 0 amide bonds. The molecular weight excluding hydrogens is 372 g/mol. The van der Waals surface area contributed by atoms with Crippen LogP contribution in [0.1, 0.15) is 27.0 Å². The summed E-state index contributed by atoms with van der Waals surface area (Å²) in [7, 11) is 0. The van der Waals surface area contributed by atoms with Gasteiger partial charge < -0.3 is 4.98 Å². The van der Waals surface area contributed by atoms with Crippen LogP contribution in [0.25, 0.3) is 11.0 Å². The molecule has 0 unspecified atom stereocenters. The summed E-state index contributed by atoms with van der Waals surface area (Å²) < 4.78 is 0. The molecule has 23 heavy (non-hydrogen) atoms. The first kappa shape index (κ1) is 17.8. The molecule has 3 rings (SSSR count). The third-order valence-corrected chi connectivity index (χ3v) is 4.66. The summed E-state index contributed by atoms with van der Waals surface area (Å²) >= 11 is 1.45. The molecule has 5 heteroatoms. The summed E-state index contributed by atoms with van der Waals surface area (Å²) in [6, 6.07) is 11.9. The van der Waals surface area contributed by atoms with Crippen molar-refractivity contribution in [2.75, 3.05) is 5.75 Å². The summed E-state index contributed by atoms with van der Waals surface area (Å²) in [5.41, 5.74) is 6.35. The molecule has 0 aliphatic rings. The lowest BCUT2D eigenvalue weighted by atomic mass is 10.1. The molecule has 0 spiro atoms. The molecule has 1 aromatic heterocycles. The predicted octanol–water partition coefficient (Wildman–Crippen LogP) is 5.04. The largest absolute Gasteiger partial charge is 0.333 e. The van der Waals surface area contributed by atoms with Crippen molar-refractivity contribution in [3.63, 3.8) is 0 Å². The van der Waals surface area contributed by atoms with Gasteiger partial charge in [0, 0.05) is 5.56 Å². The number of aromatic amines is 1. The number of Topliss-reactive ketones (excluding diaryl/α,β-unsaturated/α-hetero) is 1. The second kappa shape index (κ2) is 7.32. The molecule has 3 nitrogen and oxygen atoms in total. The van der Waals surface area contributed by atoms with E-state index in [1.807, 2.05) is 31.2 Å². The number of thioether (sulfide) groups is 1. The number of fused-ring (bicyclic) bond motifs is 1. The van der Waals surface area contributed by atoms with E-state index in [4.69, 9.17) is 0 Å². The highest BCUT2D eigenvalue weighted by Crippen LogP contribution is 2.23. The number of carbonyl (C=O) groups excluding carboxylic acids is 1. The number of ketones is 1. The van der Waals surface area contributed by atoms with Gasteiger partial charge in [-0.05, 0) is 44.0 Å². The highest BCUT2D eigenvalue weighted by Gasteiger charge is 2.10. The van der Waals surface area contributed by atoms with E-state index < -0.39 is 0 Å². The first-order valence-electron chi connectivity index (χ1n) is 7.22. The predicted molar refractivity (Wildman–Crippen MR) is 102 cm³/mol. The number of benzene rings is 2. The molecule has 2 aromatic carbocycles. The van der Waals surface area contributed by atoms with Crippen LogP contribution >= 0.6 is 28.7 Å². The number of nitrogens with zero attached hydrogens (tertiary/aromatic N) is 1. The molecule has 1 N–H and O–H groups in total. The van der Waals surface area contributed by atoms with Crippen molar-refractivity contribution in [2.24, 2.45) is 0 Å². The highest BCUT2D eigenvalue weighted by molar-refractivity contribution is 8.93. The quantitative estimate of drug-likeness (QED) is 0.501. The number of aromatic nitrogens is 2. The fourth-order valence-corrected chi connectivity index (χ4v) is 3.05. The number of hydrogen-bond acceptors (Lipinski definition) is 3. The van der Waals surface area contributed by atoms with Gasteiger partial charge in [-0.2, -0.15) is 0 Å². The first-order valence-corrected chi connectivity index (χ1v) is 8.21. The fourth-order valence-electron chi connectivity index (χ4n) is 2.27. The fraction of sp³-hybridized carbons (Fsp3) is 0.222. The number of imidazole rings is 1. The van der Waals surface area contributed by atoms with Crippen LogP contribution in [0.15, 0.2) is 41.6 Å². The molecule has 0 saturated heterocycles. The molecule has 0 bridgehead atoms. The van der Waals surface area contributed by atoms with E-state index in [0.717, 1.165) is 27.3 Å². The van der Waals surface area contributed by atoms with Gasteiger partial charge in [-0.3, -0.25) is 4.79 Å². The molecule has 0 radical (unpaired) electrons. The van der Waals surface area contributed by atoms with Gasteiger partial charge in [-0.25, -0.2) is 4.98 Å². The van der Waals surface area contributed by atoms with Gasteiger partial charge in [0.2, 0.25) is 0 Å². The van der Waals surface area contributed by atoms with Crippen LogP contribution in [0.3, 0.4) is 0 Å². The van der Waals surface area contributed by atoms with Crippen LogP contribution in [0.5, 0.6) is 0 Å². The topological polar surface area (TPSA) is 45.8 Å². The zero-order chi connectivity index (χ0) is 15.7. The Labute approximate surface area is 150 Å². The Bertz CT molecular complexity index is 801.